The van der Waals surface area contributed by atoms with E-state index in [0.717, 1.165) is 24.2 Å². The maximum atomic E-state index is 8.62. The van der Waals surface area contributed by atoms with Crippen molar-refractivity contribution >= 4 is 0 Å². The number of hydrogen-bond donors (Lipinski definition) is 1. The van der Waals surface area contributed by atoms with Gasteiger partial charge in [-0.1, -0.05) is 37.3 Å². The van der Waals surface area contributed by atoms with E-state index in [1.165, 1.54) is 0 Å². The molecule has 0 aromatic heterocycles. The summed E-state index contributed by atoms with van der Waals surface area (Å²) in [7, 11) is 0. The van der Waals surface area contributed by atoms with Crippen molar-refractivity contribution in [1.29, 1.82) is 0 Å². The summed E-state index contributed by atoms with van der Waals surface area (Å²) in [4.78, 5) is 0. The van der Waals surface area contributed by atoms with Gasteiger partial charge in [-0.25, -0.2) is 0 Å². The zero-order valence-electron chi connectivity index (χ0n) is 8.99. The summed E-state index contributed by atoms with van der Waals surface area (Å²) in [5.41, 5.74) is 0.836. The second kappa shape index (κ2) is 6.92. The minimum Gasteiger partial charge on any atom is -0.492 e. The van der Waals surface area contributed by atoms with Crippen molar-refractivity contribution in [1.82, 2.24) is 0 Å². The zero-order chi connectivity index (χ0) is 10.9. The number of benzene rings is 1. The molecule has 1 N–H and O–H groups in total. The monoisotopic (exact) mass is 204 g/mol. The van der Waals surface area contributed by atoms with Gasteiger partial charge in [-0.3, -0.25) is 0 Å². The van der Waals surface area contributed by atoms with Crippen LogP contribution >= 0.6 is 0 Å². The highest BCUT2D eigenvalue weighted by molar-refractivity contribution is 5.45. The molecule has 0 fully saturated rings. The molecular formula is C13H16O2. The number of ether oxygens (including phenoxy) is 1. The molecule has 15 heavy (non-hydrogen) atoms. The van der Waals surface area contributed by atoms with Crippen LogP contribution in [0.3, 0.4) is 0 Å². The Morgan fingerprint density at radius 2 is 2.13 bits per heavy atom. The maximum absolute atomic E-state index is 8.62. The van der Waals surface area contributed by atoms with Gasteiger partial charge in [-0.15, -0.1) is 0 Å². The van der Waals surface area contributed by atoms with Crippen molar-refractivity contribution in [2.24, 2.45) is 0 Å². The molecule has 0 spiro atoms. The van der Waals surface area contributed by atoms with Gasteiger partial charge in [-0.2, -0.15) is 0 Å². The molecule has 2 nitrogen and oxygen atoms in total. The molecule has 2 heteroatoms. The van der Waals surface area contributed by atoms with Crippen LogP contribution in [0.4, 0.5) is 0 Å². The van der Waals surface area contributed by atoms with Crippen molar-refractivity contribution in [3.05, 3.63) is 29.8 Å². The van der Waals surface area contributed by atoms with E-state index < -0.39 is 0 Å². The summed E-state index contributed by atoms with van der Waals surface area (Å²) < 4.78 is 5.59. The summed E-state index contributed by atoms with van der Waals surface area (Å²) >= 11 is 0. The van der Waals surface area contributed by atoms with Crippen LogP contribution in [-0.4, -0.2) is 18.3 Å². The Hall–Kier alpha value is -1.46. The van der Waals surface area contributed by atoms with Crippen molar-refractivity contribution in [3.63, 3.8) is 0 Å². The zero-order valence-corrected chi connectivity index (χ0v) is 8.99. The summed E-state index contributed by atoms with van der Waals surface area (Å²) in [5.74, 6) is 6.28. The number of hydrogen-bond acceptors (Lipinski definition) is 2. The molecule has 1 rings (SSSR count). The van der Waals surface area contributed by atoms with Gasteiger partial charge in [-0.05, 0) is 18.6 Å². The lowest BCUT2D eigenvalue weighted by Crippen LogP contribution is -1.98. The minimum absolute atomic E-state index is 0.122. The second-order valence-corrected chi connectivity index (χ2v) is 3.16. The Labute approximate surface area is 90.9 Å². The van der Waals surface area contributed by atoms with Crippen LogP contribution in [0.15, 0.2) is 24.3 Å². The van der Waals surface area contributed by atoms with Crippen LogP contribution in [0.25, 0.3) is 0 Å². The van der Waals surface area contributed by atoms with Gasteiger partial charge in [0.1, 0.15) is 12.4 Å². The number of para-hydroxylation sites is 1. The highest BCUT2D eigenvalue weighted by Gasteiger charge is 1.98. The van der Waals surface area contributed by atoms with Gasteiger partial charge in [0.25, 0.3) is 0 Å². The number of aliphatic hydroxyl groups excluding tert-OH is 1. The van der Waals surface area contributed by atoms with Gasteiger partial charge >= 0.3 is 0 Å². The Bertz CT molecular complexity index is 347. The van der Waals surface area contributed by atoms with Crippen LogP contribution in [0.2, 0.25) is 0 Å². The summed E-state index contributed by atoms with van der Waals surface area (Å²) in [5, 5.41) is 8.62. The third-order valence-electron chi connectivity index (χ3n) is 1.94. The maximum Gasteiger partial charge on any atom is 0.134 e. The second-order valence-electron chi connectivity index (χ2n) is 3.16. The molecule has 80 valence electrons. The minimum atomic E-state index is -0.122. The van der Waals surface area contributed by atoms with Crippen molar-refractivity contribution < 1.29 is 9.84 Å². The Kier molecular flexibility index (Phi) is 5.35. The van der Waals surface area contributed by atoms with E-state index in [9.17, 15) is 0 Å². The topological polar surface area (TPSA) is 29.5 Å². The van der Waals surface area contributed by atoms with Crippen LogP contribution < -0.4 is 4.74 Å². The van der Waals surface area contributed by atoms with E-state index in [1.54, 1.807) is 0 Å². The molecule has 1 aromatic carbocycles. The molecule has 0 radical (unpaired) electrons. The van der Waals surface area contributed by atoms with Crippen LogP contribution in [0, 0.1) is 11.8 Å². The first kappa shape index (κ1) is 11.6. The van der Waals surface area contributed by atoms with Gasteiger partial charge in [0.2, 0.25) is 0 Å². The number of unbranched alkanes of at least 4 members (excludes halogenated alkanes) is 1. The van der Waals surface area contributed by atoms with E-state index in [4.69, 9.17) is 9.84 Å². The molecule has 1 aromatic rings. The predicted octanol–water partition coefficient (Wildman–Crippen LogP) is 2.21. The van der Waals surface area contributed by atoms with Gasteiger partial charge in [0.15, 0.2) is 0 Å². The molecule has 0 aliphatic heterocycles. The Balaban J connectivity index is 2.68. The van der Waals surface area contributed by atoms with E-state index in [2.05, 4.69) is 18.8 Å². The van der Waals surface area contributed by atoms with Crippen LogP contribution in [0.5, 0.6) is 5.75 Å². The lowest BCUT2D eigenvalue weighted by molar-refractivity contribution is 0.308. The van der Waals surface area contributed by atoms with Crippen molar-refractivity contribution in [2.75, 3.05) is 13.2 Å². The molecule has 0 aliphatic rings. The normalized spacial score (nSPS) is 9.20. The lowest BCUT2D eigenvalue weighted by Gasteiger charge is -2.06. The molecule has 0 saturated carbocycles. The largest absolute Gasteiger partial charge is 0.492 e. The summed E-state index contributed by atoms with van der Waals surface area (Å²) in [6.07, 6.45) is 2.16. The number of rotatable bonds is 4. The van der Waals surface area contributed by atoms with Crippen molar-refractivity contribution in [3.8, 4) is 17.6 Å². The molecular weight excluding hydrogens is 188 g/mol. The van der Waals surface area contributed by atoms with Crippen LogP contribution in [0.1, 0.15) is 25.3 Å². The predicted molar refractivity (Wildman–Crippen MR) is 60.8 cm³/mol. The quantitative estimate of drug-likeness (QED) is 0.602. The summed E-state index contributed by atoms with van der Waals surface area (Å²) in [6.45, 7) is 2.72. The average molecular weight is 204 g/mol. The highest BCUT2D eigenvalue weighted by Crippen LogP contribution is 2.16. The molecule has 0 amide bonds. The molecule has 0 unspecified atom stereocenters. The molecule has 0 atom stereocenters. The first-order chi connectivity index (χ1) is 7.38. The fourth-order valence-electron chi connectivity index (χ4n) is 1.16. The van der Waals surface area contributed by atoms with Gasteiger partial charge in [0.05, 0.1) is 12.2 Å². The molecule has 0 aliphatic carbocycles. The molecule has 0 saturated heterocycles. The average Bonchev–Trinajstić information content (AvgIpc) is 2.28. The molecule has 0 heterocycles. The van der Waals surface area contributed by atoms with Gasteiger partial charge < -0.3 is 9.84 Å². The first-order valence-electron chi connectivity index (χ1n) is 5.20. The summed E-state index contributed by atoms with van der Waals surface area (Å²) in [6, 6.07) is 7.63. The molecule has 0 bridgehead atoms. The fraction of sp³-hybridized carbons (Fsp3) is 0.385. The van der Waals surface area contributed by atoms with Crippen LogP contribution in [-0.2, 0) is 0 Å². The van der Waals surface area contributed by atoms with E-state index in [0.29, 0.717) is 6.61 Å². The van der Waals surface area contributed by atoms with Crippen molar-refractivity contribution in [2.45, 2.75) is 19.8 Å². The Morgan fingerprint density at radius 1 is 1.33 bits per heavy atom. The first-order valence-corrected chi connectivity index (χ1v) is 5.20. The van der Waals surface area contributed by atoms with Gasteiger partial charge in [0, 0.05) is 0 Å². The standard InChI is InChI=1S/C13H16O2/c1-2-3-11-15-13-9-5-4-7-12(13)8-6-10-14/h4-5,7,9,14H,2-3,10-11H2,1H3. The number of aliphatic hydroxyl groups is 1. The van der Waals surface area contributed by atoms with E-state index in [-0.39, 0.29) is 6.61 Å². The highest BCUT2D eigenvalue weighted by atomic mass is 16.5. The third-order valence-corrected chi connectivity index (χ3v) is 1.94. The van der Waals surface area contributed by atoms with E-state index in [1.807, 2.05) is 24.3 Å². The fourth-order valence-corrected chi connectivity index (χ4v) is 1.16. The third kappa shape index (κ3) is 4.05. The SMILES string of the molecule is CCCCOc1ccccc1C#CCO. The van der Waals surface area contributed by atoms with E-state index >= 15 is 0 Å². The Morgan fingerprint density at radius 3 is 2.87 bits per heavy atom. The lowest BCUT2D eigenvalue weighted by atomic mass is 10.2. The smallest absolute Gasteiger partial charge is 0.134 e.